The number of rotatable bonds is 5. The quantitative estimate of drug-likeness (QED) is 0.767. The van der Waals surface area contributed by atoms with Crippen molar-refractivity contribution in [3.8, 4) is 11.6 Å². The topological polar surface area (TPSA) is 84.9 Å². The minimum Gasteiger partial charge on any atom is -0.497 e. The highest BCUT2D eigenvalue weighted by Gasteiger charge is 2.39. The first kappa shape index (κ1) is 19.2. The van der Waals surface area contributed by atoms with Gasteiger partial charge in [-0.1, -0.05) is 0 Å². The Morgan fingerprint density at radius 3 is 2.59 bits per heavy atom. The summed E-state index contributed by atoms with van der Waals surface area (Å²) in [6, 6.07) is 10.9. The Hall–Kier alpha value is -3.16. The van der Waals surface area contributed by atoms with Crippen LogP contribution in [0.4, 0.5) is 5.69 Å². The number of hydrogen-bond acceptors (Lipinski definition) is 6. The molecule has 2 fully saturated rings. The van der Waals surface area contributed by atoms with Crippen molar-refractivity contribution in [2.45, 2.75) is 25.9 Å². The molecule has 0 spiro atoms. The van der Waals surface area contributed by atoms with Crippen LogP contribution in [0, 0.1) is 12.8 Å². The Labute approximate surface area is 169 Å². The Balaban J connectivity index is 1.35. The minimum atomic E-state index is -0.331. The predicted molar refractivity (Wildman–Crippen MR) is 106 cm³/mol. The maximum atomic E-state index is 13.0. The number of likely N-dealkylation sites (tertiary alicyclic amines) is 1. The second-order valence-corrected chi connectivity index (χ2v) is 7.43. The predicted octanol–water partition coefficient (Wildman–Crippen LogP) is 1.83. The number of aromatic nitrogens is 2. The second kappa shape index (κ2) is 8.06. The van der Waals surface area contributed by atoms with Crippen LogP contribution in [0.5, 0.6) is 11.6 Å². The lowest BCUT2D eigenvalue weighted by Crippen LogP contribution is -2.37. The van der Waals surface area contributed by atoms with E-state index in [1.165, 1.54) is 0 Å². The SMILES string of the molecule is COc1ccc(N2C[C@@H](C(=O)N3CC[C@@H](Oc4ccc(C)nn4)C3)CC2=O)cc1. The van der Waals surface area contributed by atoms with Crippen LogP contribution in [0.3, 0.4) is 0 Å². The van der Waals surface area contributed by atoms with E-state index in [9.17, 15) is 9.59 Å². The molecule has 2 aromatic rings. The maximum absolute atomic E-state index is 13.0. The molecule has 0 saturated carbocycles. The highest BCUT2D eigenvalue weighted by Crippen LogP contribution is 2.29. The van der Waals surface area contributed by atoms with Crippen LogP contribution in [0.25, 0.3) is 0 Å². The van der Waals surface area contributed by atoms with Crippen LogP contribution < -0.4 is 14.4 Å². The number of aryl methyl sites for hydroxylation is 1. The van der Waals surface area contributed by atoms with Gasteiger partial charge in [0.25, 0.3) is 0 Å². The van der Waals surface area contributed by atoms with Gasteiger partial charge in [-0.2, -0.15) is 5.10 Å². The second-order valence-electron chi connectivity index (χ2n) is 7.43. The molecule has 2 aliphatic rings. The van der Waals surface area contributed by atoms with Gasteiger partial charge in [0.15, 0.2) is 0 Å². The largest absolute Gasteiger partial charge is 0.497 e. The number of anilines is 1. The molecule has 8 nitrogen and oxygen atoms in total. The number of carbonyl (C=O) groups is 2. The van der Waals surface area contributed by atoms with E-state index < -0.39 is 0 Å². The Kier molecular flexibility index (Phi) is 5.33. The lowest BCUT2D eigenvalue weighted by molar-refractivity contribution is -0.135. The molecule has 2 amide bonds. The summed E-state index contributed by atoms with van der Waals surface area (Å²) in [4.78, 5) is 28.9. The Bertz CT molecular complexity index is 885. The number of amides is 2. The van der Waals surface area contributed by atoms with E-state index in [0.29, 0.717) is 25.5 Å². The number of carbonyl (C=O) groups excluding carboxylic acids is 2. The summed E-state index contributed by atoms with van der Waals surface area (Å²) in [5.41, 5.74) is 1.61. The van der Waals surface area contributed by atoms with E-state index in [-0.39, 0.29) is 30.3 Å². The summed E-state index contributed by atoms with van der Waals surface area (Å²) >= 11 is 0. The van der Waals surface area contributed by atoms with Gasteiger partial charge in [-0.3, -0.25) is 9.59 Å². The van der Waals surface area contributed by atoms with Gasteiger partial charge in [0, 0.05) is 37.7 Å². The molecule has 0 bridgehead atoms. The normalized spacial score (nSPS) is 21.5. The van der Waals surface area contributed by atoms with Crippen LogP contribution in [-0.2, 0) is 9.59 Å². The van der Waals surface area contributed by atoms with Crippen molar-refractivity contribution in [1.82, 2.24) is 15.1 Å². The van der Waals surface area contributed by atoms with Gasteiger partial charge in [-0.15, -0.1) is 5.10 Å². The minimum absolute atomic E-state index is 0.00968. The molecule has 2 atom stereocenters. The average molecular weight is 396 g/mol. The molecule has 0 aliphatic carbocycles. The smallest absolute Gasteiger partial charge is 0.233 e. The third kappa shape index (κ3) is 4.16. The summed E-state index contributed by atoms with van der Waals surface area (Å²) in [5, 5.41) is 8.01. The zero-order valence-electron chi connectivity index (χ0n) is 16.6. The van der Waals surface area contributed by atoms with E-state index in [4.69, 9.17) is 9.47 Å². The van der Waals surface area contributed by atoms with Crippen molar-refractivity contribution >= 4 is 17.5 Å². The molecule has 0 unspecified atom stereocenters. The molecule has 0 N–H and O–H groups in total. The maximum Gasteiger partial charge on any atom is 0.233 e. The van der Waals surface area contributed by atoms with E-state index in [1.54, 1.807) is 23.0 Å². The van der Waals surface area contributed by atoms with Gasteiger partial charge < -0.3 is 19.3 Å². The monoisotopic (exact) mass is 396 g/mol. The average Bonchev–Trinajstić information content (AvgIpc) is 3.36. The van der Waals surface area contributed by atoms with Gasteiger partial charge in [-0.05, 0) is 37.3 Å². The van der Waals surface area contributed by atoms with Crippen molar-refractivity contribution in [3.63, 3.8) is 0 Å². The molecule has 1 aromatic carbocycles. The molecule has 3 heterocycles. The van der Waals surface area contributed by atoms with Crippen molar-refractivity contribution in [1.29, 1.82) is 0 Å². The van der Waals surface area contributed by atoms with Crippen LogP contribution in [0.15, 0.2) is 36.4 Å². The number of nitrogens with zero attached hydrogens (tertiary/aromatic N) is 4. The standard InChI is InChI=1S/C21H24N4O4/c1-14-3-8-19(23-22-14)29-18-9-10-24(13-18)21(27)15-11-20(26)25(12-15)16-4-6-17(28-2)7-5-16/h3-8,15,18H,9-13H2,1-2H3/t15-,18+/m0/s1. The van der Waals surface area contributed by atoms with Gasteiger partial charge in [0.1, 0.15) is 11.9 Å². The number of benzene rings is 1. The first-order chi connectivity index (χ1) is 14.0. The summed E-state index contributed by atoms with van der Waals surface area (Å²) in [6.45, 7) is 3.39. The number of ether oxygens (including phenoxy) is 2. The van der Waals surface area contributed by atoms with Crippen molar-refractivity contribution < 1.29 is 19.1 Å². The summed E-state index contributed by atoms with van der Waals surface area (Å²) in [7, 11) is 1.60. The lowest BCUT2D eigenvalue weighted by Gasteiger charge is -2.21. The van der Waals surface area contributed by atoms with Gasteiger partial charge in [0.05, 0.1) is 25.3 Å². The Morgan fingerprint density at radius 2 is 1.90 bits per heavy atom. The molecule has 152 valence electrons. The van der Waals surface area contributed by atoms with Crippen molar-refractivity contribution in [3.05, 3.63) is 42.1 Å². The van der Waals surface area contributed by atoms with E-state index >= 15 is 0 Å². The van der Waals surface area contributed by atoms with E-state index in [2.05, 4.69) is 10.2 Å². The molecule has 29 heavy (non-hydrogen) atoms. The zero-order valence-corrected chi connectivity index (χ0v) is 16.6. The first-order valence-corrected chi connectivity index (χ1v) is 9.73. The van der Waals surface area contributed by atoms with E-state index in [1.807, 2.05) is 37.3 Å². The van der Waals surface area contributed by atoms with Gasteiger partial charge >= 0.3 is 0 Å². The Morgan fingerprint density at radius 1 is 1.10 bits per heavy atom. The summed E-state index contributed by atoms with van der Waals surface area (Å²) in [5.74, 6) is 0.847. The summed E-state index contributed by atoms with van der Waals surface area (Å²) in [6.07, 6.45) is 0.867. The molecule has 1 aromatic heterocycles. The molecule has 8 heteroatoms. The highest BCUT2D eigenvalue weighted by molar-refractivity contribution is 6.00. The number of hydrogen-bond donors (Lipinski definition) is 0. The third-order valence-corrected chi connectivity index (χ3v) is 5.38. The number of methoxy groups -OCH3 is 1. The molecular formula is C21H24N4O4. The molecule has 2 saturated heterocycles. The fourth-order valence-corrected chi connectivity index (χ4v) is 3.79. The molecular weight excluding hydrogens is 372 g/mol. The zero-order chi connectivity index (χ0) is 20.4. The van der Waals surface area contributed by atoms with Gasteiger partial charge in [-0.25, -0.2) is 0 Å². The fourth-order valence-electron chi connectivity index (χ4n) is 3.79. The molecule has 0 radical (unpaired) electrons. The molecule has 4 rings (SSSR count). The van der Waals surface area contributed by atoms with Crippen molar-refractivity contribution in [2.75, 3.05) is 31.6 Å². The highest BCUT2D eigenvalue weighted by atomic mass is 16.5. The summed E-state index contributed by atoms with van der Waals surface area (Å²) < 4.78 is 11.0. The lowest BCUT2D eigenvalue weighted by atomic mass is 10.1. The van der Waals surface area contributed by atoms with Crippen LogP contribution in [-0.4, -0.2) is 59.8 Å². The van der Waals surface area contributed by atoms with E-state index in [0.717, 1.165) is 23.6 Å². The first-order valence-electron chi connectivity index (χ1n) is 9.73. The third-order valence-electron chi connectivity index (χ3n) is 5.38. The van der Waals surface area contributed by atoms with Gasteiger partial charge in [0.2, 0.25) is 17.7 Å². The van der Waals surface area contributed by atoms with Crippen molar-refractivity contribution in [2.24, 2.45) is 5.92 Å². The van der Waals surface area contributed by atoms with Crippen LogP contribution >= 0.6 is 0 Å². The van der Waals surface area contributed by atoms with Crippen LogP contribution in [0.2, 0.25) is 0 Å². The molecule has 2 aliphatic heterocycles. The fraction of sp³-hybridized carbons (Fsp3) is 0.429. The van der Waals surface area contributed by atoms with Crippen LogP contribution in [0.1, 0.15) is 18.5 Å².